The number of nitrogens with zero attached hydrogens (tertiary/aromatic N) is 2. The van der Waals surface area contributed by atoms with Crippen molar-refractivity contribution in [3.05, 3.63) is 41.7 Å². The molecule has 0 radical (unpaired) electrons. The first-order valence-electron chi connectivity index (χ1n) is 8.42. The van der Waals surface area contributed by atoms with Crippen LogP contribution in [0, 0.1) is 11.8 Å². The molecule has 0 aromatic carbocycles. The maximum Gasteiger partial charge on any atom is 0.237 e. The summed E-state index contributed by atoms with van der Waals surface area (Å²) in [6.07, 6.45) is 12.8. The average molecular weight is 327 g/mol. The summed E-state index contributed by atoms with van der Waals surface area (Å²) < 4.78 is 0. The fourth-order valence-corrected chi connectivity index (χ4v) is 4.76. The molecular formula is C18H21N3OS. The van der Waals surface area contributed by atoms with Gasteiger partial charge in [-0.05, 0) is 29.9 Å². The van der Waals surface area contributed by atoms with Crippen molar-refractivity contribution in [2.75, 3.05) is 5.32 Å². The summed E-state index contributed by atoms with van der Waals surface area (Å²) in [7, 11) is 0. The van der Waals surface area contributed by atoms with Crippen LogP contribution >= 0.6 is 11.3 Å². The highest BCUT2D eigenvalue weighted by atomic mass is 32.1. The summed E-state index contributed by atoms with van der Waals surface area (Å²) in [6, 6.07) is 3.99. The third-order valence-corrected chi connectivity index (χ3v) is 6.16. The van der Waals surface area contributed by atoms with E-state index in [-0.39, 0.29) is 5.91 Å². The van der Waals surface area contributed by atoms with E-state index >= 15 is 0 Å². The van der Waals surface area contributed by atoms with Gasteiger partial charge in [-0.1, -0.05) is 38.2 Å². The maximum atomic E-state index is 13.1. The highest BCUT2D eigenvalue weighted by molar-refractivity contribution is 7.13. The summed E-state index contributed by atoms with van der Waals surface area (Å²) in [5.74, 6) is 1.22. The van der Waals surface area contributed by atoms with Gasteiger partial charge >= 0.3 is 0 Å². The molecule has 120 valence electrons. The molecule has 1 N–H and O–H groups in total. The number of carbonyl (C=O) groups excluding carboxylic acids is 1. The monoisotopic (exact) mass is 327 g/mol. The molecule has 2 aromatic heterocycles. The molecule has 2 atom stereocenters. The van der Waals surface area contributed by atoms with Crippen LogP contribution < -0.4 is 5.32 Å². The van der Waals surface area contributed by atoms with E-state index in [1.54, 1.807) is 12.4 Å². The van der Waals surface area contributed by atoms with E-state index in [1.807, 2.05) is 17.6 Å². The number of carbonyl (C=O) groups is 1. The third-order valence-electron chi connectivity index (χ3n) is 5.47. The van der Waals surface area contributed by atoms with E-state index in [0.717, 1.165) is 12.0 Å². The molecule has 23 heavy (non-hydrogen) atoms. The van der Waals surface area contributed by atoms with Crippen LogP contribution in [0.2, 0.25) is 0 Å². The second kappa shape index (κ2) is 6.04. The zero-order chi connectivity index (χ0) is 15.7. The lowest BCUT2D eigenvalue weighted by Gasteiger charge is -2.25. The molecule has 2 aliphatic rings. The molecule has 2 aromatic rings. The first-order valence-corrected chi connectivity index (χ1v) is 9.30. The van der Waals surface area contributed by atoms with Crippen molar-refractivity contribution in [3.8, 4) is 0 Å². The van der Waals surface area contributed by atoms with Crippen LogP contribution in [0.1, 0.15) is 44.1 Å². The molecule has 0 spiro atoms. The molecular weight excluding hydrogens is 306 g/mol. The maximum absolute atomic E-state index is 13.1. The van der Waals surface area contributed by atoms with Gasteiger partial charge in [-0.25, -0.2) is 4.98 Å². The first-order chi connectivity index (χ1) is 11.3. The molecule has 5 heteroatoms. The predicted octanol–water partition coefficient (Wildman–Crippen LogP) is 4.01. The Kier molecular flexibility index (Phi) is 3.89. The molecule has 4 nitrogen and oxygen atoms in total. The van der Waals surface area contributed by atoms with Crippen molar-refractivity contribution in [3.63, 3.8) is 0 Å². The van der Waals surface area contributed by atoms with Crippen LogP contribution in [0.15, 0.2) is 36.1 Å². The Bertz CT molecular complexity index is 667. The predicted molar refractivity (Wildman–Crippen MR) is 91.3 cm³/mol. The average Bonchev–Trinajstić information content (AvgIpc) is 3.18. The van der Waals surface area contributed by atoms with Gasteiger partial charge in [0.25, 0.3) is 0 Å². The Morgan fingerprint density at radius 3 is 2.83 bits per heavy atom. The fourth-order valence-electron chi connectivity index (χ4n) is 4.24. The van der Waals surface area contributed by atoms with E-state index in [0.29, 0.717) is 17.0 Å². The summed E-state index contributed by atoms with van der Waals surface area (Å²) in [5.41, 5.74) is 0.659. The van der Waals surface area contributed by atoms with Gasteiger partial charge < -0.3 is 5.32 Å². The fraction of sp³-hybridized carbons (Fsp3) is 0.500. The number of aromatic nitrogens is 2. The minimum Gasteiger partial charge on any atom is -0.301 e. The minimum absolute atomic E-state index is 0.0935. The number of anilines is 1. The lowest BCUT2D eigenvalue weighted by Crippen LogP contribution is -2.32. The Hall–Kier alpha value is -1.75. The van der Waals surface area contributed by atoms with Crippen molar-refractivity contribution >= 4 is 22.4 Å². The molecule has 4 rings (SSSR count). The standard InChI is InChI=1S/C18H21N3OS/c22-16(21-17-20-9-10-23-17)18(14-7-4-8-19-12-14)11-15(18)13-5-2-1-3-6-13/h4,7-10,12-13,15H,1-3,5-6,11H2,(H,20,21,22). The number of amides is 1. The van der Waals surface area contributed by atoms with E-state index in [2.05, 4.69) is 21.4 Å². The topological polar surface area (TPSA) is 54.9 Å². The van der Waals surface area contributed by atoms with Gasteiger partial charge in [0.2, 0.25) is 5.91 Å². The second-order valence-electron chi connectivity index (χ2n) is 6.71. The second-order valence-corrected chi connectivity index (χ2v) is 7.61. The van der Waals surface area contributed by atoms with Gasteiger partial charge in [-0.3, -0.25) is 9.78 Å². The Morgan fingerprint density at radius 1 is 1.26 bits per heavy atom. The van der Waals surface area contributed by atoms with Gasteiger partial charge in [-0.15, -0.1) is 11.3 Å². The molecule has 2 aliphatic carbocycles. The van der Waals surface area contributed by atoms with Crippen molar-refractivity contribution in [1.82, 2.24) is 9.97 Å². The van der Waals surface area contributed by atoms with Crippen LogP contribution in [-0.2, 0) is 10.2 Å². The van der Waals surface area contributed by atoms with Crippen molar-refractivity contribution in [1.29, 1.82) is 0 Å². The number of rotatable bonds is 4. The van der Waals surface area contributed by atoms with E-state index in [4.69, 9.17) is 0 Å². The molecule has 0 bridgehead atoms. The van der Waals surface area contributed by atoms with Gasteiger partial charge in [0.15, 0.2) is 5.13 Å². The Balaban J connectivity index is 1.61. The summed E-state index contributed by atoms with van der Waals surface area (Å²) in [5, 5.41) is 5.61. The SMILES string of the molecule is O=C(Nc1nccs1)C1(c2cccnc2)CC1C1CCCCC1. The van der Waals surface area contributed by atoms with Crippen LogP contribution in [0.5, 0.6) is 0 Å². The lowest BCUT2D eigenvalue weighted by molar-refractivity contribution is -0.119. The summed E-state index contributed by atoms with van der Waals surface area (Å²) in [6.45, 7) is 0. The normalized spacial score (nSPS) is 27.6. The van der Waals surface area contributed by atoms with Crippen LogP contribution in [0.4, 0.5) is 5.13 Å². The Labute approximate surface area is 140 Å². The van der Waals surface area contributed by atoms with Crippen LogP contribution in [-0.4, -0.2) is 15.9 Å². The van der Waals surface area contributed by atoms with Crippen LogP contribution in [0.25, 0.3) is 0 Å². The number of nitrogens with one attached hydrogen (secondary N) is 1. The van der Waals surface area contributed by atoms with Gasteiger partial charge in [0.1, 0.15) is 0 Å². The van der Waals surface area contributed by atoms with Crippen molar-refractivity contribution < 1.29 is 4.79 Å². The molecule has 2 fully saturated rings. The highest BCUT2D eigenvalue weighted by Crippen LogP contribution is 2.60. The Morgan fingerprint density at radius 2 is 2.13 bits per heavy atom. The molecule has 2 saturated carbocycles. The smallest absolute Gasteiger partial charge is 0.237 e. The van der Waals surface area contributed by atoms with Crippen molar-refractivity contribution in [2.45, 2.75) is 43.9 Å². The zero-order valence-corrected chi connectivity index (χ0v) is 13.9. The van der Waals surface area contributed by atoms with E-state index in [9.17, 15) is 4.79 Å². The number of hydrogen-bond acceptors (Lipinski definition) is 4. The van der Waals surface area contributed by atoms with Gasteiger partial charge in [0.05, 0.1) is 5.41 Å². The molecule has 1 amide bonds. The largest absolute Gasteiger partial charge is 0.301 e. The number of thiazole rings is 1. The van der Waals surface area contributed by atoms with Gasteiger partial charge in [0, 0.05) is 24.0 Å². The van der Waals surface area contributed by atoms with Crippen molar-refractivity contribution in [2.24, 2.45) is 11.8 Å². The minimum atomic E-state index is -0.401. The van der Waals surface area contributed by atoms with E-state index in [1.165, 1.54) is 43.4 Å². The number of hydrogen-bond donors (Lipinski definition) is 1. The highest BCUT2D eigenvalue weighted by Gasteiger charge is 2.63. The zero-order valence-electron chi connectivity index (χ0n) is 13.1. The lowest BCUT2D eigenvalue weighted by atomic mass is 9.80. The number of pyridine rings is 1. The van der Waals surface area contributed by atoms with E-state index < -0.39 is 5.41 Å². The van der Waals surface area contributed by atoms with Crippen LogP contribution in [0.3, 0.4) is 0 Å². The molecule has 2 unspecified atom stereocenters. The summed E-state index contributed by atoms with van der Waals surface area (Å²) in [4.78, 5) is 21.5. The molecule has 0 aliphatic heterocycles. The molecule has 2 heterocycles. The third kappa shape index (κ3) is 2.67. The quantitative estimate of drug-likeness (QED) is 0.923. The molecule has 0 saturated heterocycles. The van der Waals surface area contributed by atoms with Gasteiger partial charge in [-0.2, -0.15) is 0 Å². The first kappa shape index (κ1) is 14.8. The summed E-state index contributed by atoms with van der Waals surface area (Å²) >= 11 is 1.47.